The van der Waals surface area contributed by atoms with Crippen molar-refractivity contribution in [1.82, 2.24) is 4.90 Å². The molecule has 1 aromatic rings. The fourth-order valence-corrected chi connectivity index (χ4v) is 2.85. The maximum absolute atomic E-state index is 13.9. The number of benzene rings is 1. The van der Waals surface area contributed by atoms with Gasteiger partial charge in [0.25, 0.3) is 5.91 Å². The molecule has 8 heteroatoms. The van der Waals surface area contributed by atoms with Crippen molar-refractivity contribution in [1.29, 1.82) is 0 Å². The number of nitrogens with zero attached hydrogens (tertiary/aromatic N) is 1. The fraction of sp³-hybridized carbons (Fsp3) is 0.417. The van der Waals surface area contributed by atoms with E-state index in [1.54, 1.807) is 0 Å². The Kier molecular flexibility index (Phi) is 4.07. The first-order chi connectivity index (χ1) is 9.30. The van der Waals surface area contributed by atoms with Crippen LogP contribution in [0.4, 0.5) is 4.39 Å². The highest BCUT2D eigenvalue weighted by atomic mass is 32.2. The van der Waals surface area contributed by atoms with E-state index in [0.717, 1.165) is 12.1 Å². The Hall–Kier alpha value is -1.51. The van der Waals surface area contributed by atoms with Crippen LogP contribution in [-0.4, -0.2) is 45.5 Å². The van der Waals surface area contributed by atoms with E-state index in [9.17, 15) is 17.6 Å². The minimum absolute atomic E-state index is 0.170. The lowest BCUT2D eigenvalue weighted by molar-refractivity contribution is 0.0299. The van der Waals surface area contributed by atoms with Gasteiger partial charge in [-0.2, -0.15) is 0 Å². The second kappa shape index (κ2) is 5.47. The number of primary sulfonamides is 1. The number of sulfonamides is 1. The molecule has 6 nitrogen and oxygen atoms in total. The standard InChI is InChI=1S/C12H15FN2O4S/c1-8-6-10(13)9(7-11(8)20(14,17)18)12(16)15-2-4-19-5-3-15/h6-7H,2-5H2,1H3,(H2,14,17,18). The average Bonchev–Trinajstić information content (AvgIpc) is 2.37. The number of halogens is 1. The van der Waals surface area contributed by atoms with Crippen molar-refractivity contribution in [3.05, 3.63) is 29.1 Å². The SMILES string of the molecule is Cc1cc(F)c(C(=O)N2CCOCC2)cc1S(N)(=O)=O. The number of ether oxygens (including phenoxy) is 1. The van der Waals surface area contributed by atoms with Gasteiger partial charge in [-0.05, 0) is 24.6 Å². The summed E-state index contributed by atoms with van der Waals surface area (Å²) in [6.45, 7) is 2.86. The van der Waals surface area contributed by atoms with Crippen molar-refractivity contribution < 1.29 is 22.3 Å². The van der Waals surface area contributed by atoms with Crippen molar-refractivity contribution in [3.63, 3.8) is 0 Å². The maximum Gasteiger partial charge on any atom is 0.257 e. The largest absolute Gasteiger partial charge is 0.378 e. The second-order valence-corrected chi connectivity index (χ2v) is 6.08. The first-order valence-corrected chi connectivity index (χ1v) is 7.55. The normalized spacial score (nSPS) is 16.2. The first-order valence-electron chi connectivity index (χ1n) is 6.00. The predicted octanol–water partition coefficient (Wildman–Crippen LogP) is 0.254. The molecule has 1 aliphatic heterocycles. The van der Waals surface area contributed by atoms with Gasteiger partial charge in [0, 0.05) is 13.1 Å². The Morgan fingerprint density at radius 1 is 1.35 bits per heavy atom. The van der Waals surface area contributed by atoms with E-state index in [1.807, 2.05) is 0 Å². The van der Waals surface area contributed by atoms with Gasteiger partial charge in [-0.25, -0.2) is 17.9 Å². The Labute approximate surface area is 116 Å². The molecule has 1 amide bonds. The van der Waals surface area contributed by atoms with Gasteiger partial charge in [0.05, 0.1) is 23.7 Å². The second-order valence-electron chi connectivity index (χ2n) is 4.55. The lowest BCUT2D eigenvalue weighted by Gasteiger charge is -2.27. The summed E-state index contributed by atoms with van der Waals surface area (Å²) in [6, 6.07) is 2.01. The summed E-state index contributed by atoms with van der Waals surface area (Å²) in [4.78, 5) is 13.4. The molecule has 1 fully saturated rings. The van der Waals surface area contributed by atoms with Gasteiger partial charge in [0.1, 0.15) is 5.82 Å². The number of carbonyl (C=O) groups is 1. The van der Waals surface area contributed by atoms with Gasteiger partial charge in [0.2, 0.25) is 10.0 Å². The smallest absolute Gasteiger partial charge is 0.257 e. The number of amides is 1. The van der Waals surface area contributed by atoms with E-state index >= 15 is 0 Å². The van der Waals surface area contributed by atoms with Crippen LogP contribution in [0.2, 0.25) is 0 Å². The maximum atomic E-state index is 13.9. The molecule has 0 unspecified atom stereocenters. The lowest BCUT2D eigenvalue weighted by Crippen LogP contribution is -2.41. The van der Waals surface area contributed by atoms with Crippen LogP contribution in [0.5, 0.6) is 0 Å². The third kappa shape index (κ3) is 2.97. The molecule has 2 N–H and O–H groups in total. The highest BCUT2D eigenvalue weighted by Crippen LogP contribution is 2.20. The Balaban J connectivity index is 2.43. The van der Waals surface area contributed by atoms with E-state index in [4.69, 9.17) is 9.88 Å². The van der Waals surface area contributed by atoms with Crippen molar-refractivity contribution >= 4 is 15.9 Å². The monoisotopic (exact) mass is 302 g/mol. The van der Waals surface area contributed by atoms with Crippen LogP contribution in [0.25, 0.3) is 0 Å². The molecular formula is C12H15FN2O4S. The lowest BCUT2D eigenvalue weighted by atomic mass is 10.1. The zero-order valence-electron chi connectivity index (χ0n) is 10.9. The average molecular weight is 302 g/mol. The number of carbonyl (C=O) groups excluding carboxylic acids is 1. The molecular weight excluding hydrogens is 287 g/mol. The third-order valence-corrected chi connectivity index (χ3v) is 4.15. The topological polar surface area (TPSA) is 89.7 Å². The van der Waals surface area contributed by atoms with Crippen molar-refractivity contribution in [2.75, 3.05) is 26.3 Å². The number of nitrogens with two attached hydrogens (primary N) is 1. The quantitative estimate of drug-likeness (QED) is 0.848. The number of hydrogen-bond acceptors (Lipinski definition) is 4. The summed E-state index contributed by atoms with van der Waals surface area (Å²) in [5, 5.41) is 5.06. The molecule has 1 heterocycles. The van der Waals surface area contributed by atoms with Crippen LogP contribution < -0.4 is 5.14 Å². The molecule has 0 aliphatic carbocycles. The Bertz CT molecular complexity index is 639. The summed E-state index contributed by atoms with van der Waals surface area (Å²) in [7, 11) is -4.00. The number of hydrogen-bond donors (Lipinski definition) is 1. The molecule has 20 heavy (non-hydrogen) atoms. The number of aryl methyl sites for hydroxylation is 1. The van der Waals surface area contributed by atoms with Gasteiger partial charge in [-0.3, -0.25) is 4.79 Å². The molecule has 1 saturated heterocycles. The van der Waals surface area contributed by atoms with E-state index in [2.05, 4.69) is 0 Å². The van der Waals surface area contributed by atoms with Gasteiger partial charge >= 0.3 is 0 Å². The minimum atomic E-state index is -4.00. The van der Waals surface area contributed by atoms with Gasteiger partial charge in [-0.1, -0.05) is 0 Å². The molecule has 2 rings (SSSR count). The molecule has 110 valence electrons. The molecule has 1 aromatic carbocycles. The molecule has 0 saturated carbocycles. The molecule has 0 atom stereocenters. The Morgan fingerprint density at radius 3 is 2.50 bits per heavy atom. The van der Waals surface area contributed by atoms with Gasteiger partial charge in [-0.15, -0.1) is 0 Å². The molecule has 0 radical (unpaired) electrons. The van der Waals surface area contributed by atoms with Crippen LogP contribution in [0, 0.1) is 12.7 Å². The number of rotatable bonds is 2. The van der Waals surface area contributed by atoms with E-state index < -0.39 is 21.7 Å². The minimum Gasteiger partial charge on any atom is -0.378 e. The zero-order valence-corrected chi connectivity index (χ0v) is 11.7. The summed E-state index contributed by atoms with van der Waals surface area (Å²) >= 11 is 0. The zero-order chi connectivity index (χ0) is 14.9. The number of morpholine rings is 1. The van der Waals surface area contributed by atoms with Crippen molar-refractivity contribution in [3.8, 4) is 0 Å². The summed E-state index contributed by atoms with van der Waals surface area (Å²) in [6.07, 6.45) is 0. The van der Waals surface area contributed by atoms with Crippen molar-refractivity contribution in [2.24, 2.45) is 5.14 Å². The summed E-state index contributed by atoms with van der Waals surface area (Å²) < 4.78 is 41.9. The predicted molar refractivity (Wildman–Crippen MR) is 69.2 cm³/mol. The van der Waals surface area contributed by atoms with E-state index in [-0.39, 0.29) is 16.0 Å². The first kappa shape index (κ1) is 14.9. The highest BCUT2D eigenvalue weighted by Gasteiger charge is 2.24. The van der Waals surface area contributed by atoms with Crippen LogP contribution in [0.3, 0.4) is 0 Å². The van der Waals surface area contributed by atoms with Crippen LogP contribution in [-0.2, 0) is 14.8 Å². The van der Waals surface area contributed by atoms with Crippen LogP contribution in [0.1, 0.15) is 15.9 Å². The molecule has 0 bridgehead atoms. The third-order valence-electron chi connectivity index (χ3n) is 3.10. The van der Waals surface area contributed by atoms with E-state index in [1.165, 1.54) is 11.8 Å². The Morgan fingerprint density at radius 2 is 1.95 bits per heavy atom. The van der Waals surface area contributed by atoms with E-state index in [0.29, 0.717) is 26.3 Å². The van der Waals surface area contributed by atoms with Gasteiger partial charge < -0.3 is 9.64 Å². The highest BCUT2D eigenvalue weighted by molar-refractivity contribution is 7.89. The van der Waals surface area contributed by atoms with Crippen LogP contribution in [0.15, 0.2) is 17.0 Å². The van der Waals surface area contributed by atoms with Crippen molar-refractivity contribution in [2.45, 2.75) is 11.8 Å². The summed E-state index contributed by atoms with van der Waals surface area (Å²) in [5.41, 5.74) is -0.120. The molecule has 1 aliphatic rings. The molecule has 0 spiro atoms. The molecule has 0 aromatic heterocycles. The van der Waals surface area contributed by atoms with Gasteiger partial charge in [0.15, 0.2) is 0 Å². The fourth-order valence-electron chi connectivity index (χ4n) is 2.06. The summed E-state index contributed by atoms with van der Waals surface area (Å²) in [5.74, 6) is -1.32. The van der Waals surface area contributed by atoms with Crippen LogP contribution >= 0.6 is 0 Å².